The highest BCUT2D eigenvalue weighted by Crippen LogP contribution is 2.36. The van der Waals surface area contributed by atoms with E-state index in [9.17, 15) is 0 Å². The van der Waals surface area contributed by atoms with Crippen molar-refractivity contribution in [2.75, 3.05) is 11.5 Å². The van der Waals surface area contributed by atoms with Gasteiger partial charge < -0.3 is 16.2 Å². The Kier molecular flexibility index (Phi) is 2.59. The predicted molar refractivity (Wildman–Crippen MR) is 73.4 cm³/mol. The van der Waals surface area contributed by atoms with Crippen LogP contribution in [-0.2, 0) is 6.42 Å². The number of nitrogens with two attached hydrogens (primary N) is 2. The molecule has 0 radical (unpaired) electrons. The zero-order valence-corrected chi connectivity index (χ0v) is 10.1. The molecule has 0 fully saturated rings. The molecule has 3 rings (SSSR count). The van der Waals surface area contributed by atoms with Crippen molar-refractivity contribution < 1.29 is 4.74 Å². The van der Waals surface area contributed by atoms with E-state index in [1.807, 2.05) is 36.4 Å². The van der Waals surface area contributed by atoms with Gasteiger partial charge in [-0.15, -0.1) is 0 Å². The summed E-state index contributed by atoms with van der Waals surface area (Å²) in [4.78, 5) is 0. The Morgan fingerprint density at radius 1 is 1.00 bits per heavy atom. The molecular formula is C15H16N2O. The first kappa shape index (κ1) is 11.0. The lowest BCUT2D eigenvalue weighted by atomic mass is 9.97. The minimum absolute atomic E-state index is 0.0876. The van der Waals surface area contributed by atoms with E-state index < -0.39 is 0 Å². The molecule has 1 unspecified atom stereocenters. The highest BCUT2D eigenvalue weighted by atomic mass is 16.5. The molecule has 0 bridgehead atoms. The number of fused-ring (bicyclic) bond motifs is 1. The first-order valence-corrected chi connectivity index (χ1v) is 6.13. The Bertz CT molecular complexity index is 580. The Morgan fingerprint density at radius 3 is 2.67 bits per heavy atom. The molecule has 2 aromatic rings. The summed E-state index contributed by atoms with van der Waals surface area (Å²) in [7, 11) is 0. The molecule has 3 heteroatoms. The molecule has 0 aliphatic carbocycles. The molecule has 1 aliphatic rings. The lowest BCUT2D eigenvalue weighted by Gasteiger charge is -2.26. The summed E-state index contributed by atoms with van der Waals surface area (Å²) < 4.78 is 6.02. The second-order valence-corrected chi connectivity index (χ2v) is 4.68. The smallest absolute Gasteiger partial charge is 0.124 e. The van der Waals surface area contributed by atoms with Crippen molar-refractivity contribution in [3.8, 4) is 5.75 Å². The molecule has 0 aromatic heterocycles. The van der Waals surface area contributed by atoms with Crippen LogP contribution in [0.25, 0.3) is 0 Å². The molecule has 4 N–H and O–H groups in total. The van der Waals surface area contributed by atoms with Crippen molar-refractivity contribution in [2.24, 2.45) is 0 Å². The number of hydrogen-bond donors (Lipinski definition) is 2. The van der Waals surface area contributed by atoms with Gasteiger partial charge in [-0.1, -0.05) is 12.1 Å². The summed E-state index contributed by atoms with van der Waals surface area (Å²) >= 11 is 0. The largest absolute Gasteiger partial charge is 0.485 e. The van der Waals surface area contributed by atoms with Crippen molar-refractivity contribution >= 4 is 11.4 Å². The third-order valence-corrected chi connectivity index (χ3v) is 3.31. The van der Waals surface area contributed by atoms with E-state index in [1.54, 1.807) is 0 Å². The summed E-state index contributed by atoms with van der Waals surface area (Å²) in [6.45, 7) is 0. The van der Waals surface area contributed by atoms with Crippen LogP contribution in [0, 0.1) is 0 Å². The number of nitrogen functional groups attached to an aromatic ring is 2. The van der Waals surface area contributed by atoms with E-state index in [0.29, 0.717) is 0 Å². The molecule has 92 valence electrons. The maximum atomic E-state index is 6.02. The van der Waals surface area contributed by atoms with E-state index in [2.05, 4.69) is 6.07 Å². The summed E-state index contributed by atoms with van der Waals surface area (Å²) in [5.41, 5.74) is 15.5. The Morgan fingerprint density at radius 2 is 1.83 bits per heavy atom. The van der Waals surface area contributed by atoms with Crippen LogP contribution >= 0.6 is 0 Å². The third-order valence-electron chi connectivity index (χ3n) is 3.31. The maximum absolute atomic E-state index is 6.02. The molecular weight excluding hydrogens is 224 g/mol. The van der Waals surface area contributed by atoms with Gasteiger partial charge in [-0.2, -0.15) is 0 Å². The number of rotatable bonds is 1. The van der Waals surface area contributed by atoms with Crippen LogP contribution in [-0.4, -0.2) is 0 Å². The highest BCUT2D eigenvalue weighted by molar-refractivity contribution is 5.49. The Balaban J connectivity index is 1.89. The highest BCUT2D eigenvalue weighted by Gasteiger charge is 2.21. The van der Waals surface area contributed by atoms with Crippen LogP contribution in [0.4, 0.5) is 11.4 Å². The molecule has 1 heterocycles. The molecule has 0 spiro atoms. The van der Waals surface area contributed by atoms with Gasteiger partial charge in [0.05, 0.1) is 0 Å². The van der Waals surface area contributed by atoms with E-state index in [1.165, 1.54) is 5.56 Å². The van der Waals surface area contributed by atoms with Crippen molar-refractivity contribution in [2.45, 2.75) is 18.9 Å². The molecule has 18 heavy (non-hydrogen) atoms. The third kappa shape index (κ3) is 1.99. The Hall–Kier alpha value is -2.16. The summed E-state index contributed by atoms with van der Waals surface area (Å²) in [5, 5.41) is 0. The first-order valence-electron chi connectivity index (χ1n) is 6.13. The predicted octanol–water partition coefficient (Wildman–Crippen LogP) is 2.92. The van der Waals surface area contributed by atoms with Gasteiger partial charge in [0, 0.05) is 11.4 Å². The van der Waals surface area contributed by atoms with Crippen LogP contribution in [0.5, 0.6) is 5.75 Å². The lowest BCUT2D eigenvalue weighted by Crippen LogP contribution is -2.15. The van der Waals surface area contributed by atoms with Gasteiger partial charge in [-0.25, -0.2) is 0 Å². The second-order valence-electron chi connectivity index (χ2n) is 4.68. The molecule has 0 amide bonds. The summed E-state index contributed by atoms with van der Waals surface area (Å²) in [6.07, 6.45) is 2.03. The monoisotopic (exact) mass is 240 g/mol. The standard InChI is InChI=1S/C15H16N2O/c16-12-3-1-2-10(8-12)14-6-4-11-9-13(17)5-7-15(11)18-14/h1-3,5,7-9,14H,4,6,16-17H2. The summed E-state index contributed by atoms with van der Waals surface area (Å²) in [6, 6.07) is 13.7. The van der Waals surface area contributed by atoms with Crippen LogP contribution in [0.3, 0.4) is 0 Å². The quantitative estimate of drug-likeness (QED) is 0.753. The average Bonchev–Trinajstić information content (AvgIpc) is 2.38. The zero-order valence-electron chi connectivity index (χ0n) is 10.1. The lowest BCUT2D eigenvalue weighted by molar-refractivity contribution is 0.177. The molecule has 3 nitrogen and oxygen atoms in total. The van der Waals surface area contributed by atoms with Crippen LogP contribution in [0.1, 0.15) is 23.7 Å². The molecule has 1 atom stereocenters. The molecule has 1 aliphatic heterocycles. The van der Waals surface area contributed by atoms with E-state index in [0.717, 1.165) is 35.5 Å². The molecule has 2 aromatic carbocycles. The van der Waals surface area contributed by atoms with Crippen molar-refractivity contribution in [1.82, 2.24) is 0 Å². The fraction of sp³-hybridized carbons (Fsp3) is 0.200. The van der Waals surface area contributed by atoms with Gasteiger partial charge >= 0.3 is 0 Å². The van der Waals surface area contributed by atoms with Gasteiger partial charge in [0.25, 0.3) is 0 Å². The maximum Gasteiger partial charge on any atom is 0.124 e. The second kappa shape index (κ2) is 4.26. The van der Waals surface area contributed by atoms with Crippen LogP contribution in [0.15, 0.2) is 42.5 Å². The van der Waals surface area contributed by atoms with E-state index in [-0.39, 0.29) is 6.10 Å². The van der Waals surface area contributed by atoms with Gasteiger partial charge in [-0.05, 0) is 54.3 Å². The first-order chi connectivity index (χ1) is 8.72. The normalized spacial score (nSPS) is 17.9. The van der Waals surface area contributed by atoms with Crippen LogP contribution in [0.2, 0.25) is 0 Å². The SMILES string of the molecule is Nc1cccc(C2CCc3cc(N)ccc3O2)c1. The number of aryl methyl sites for hydroxylation is 1. The topological polar surface area (TPSA) is 61.3 Å². The van der Waals surface area contributed by atoms with Gasteiger partial charge in [0.15, 0.2) is 0 Å². The van der Waals surface area contributed by atoms with Crippen LogP contribution < -0.4 is 16.2 Å². The molecule has 0 saturated carbocycles. The van der Waals surface area contributed by atoms with Gasteiger partial charge in [-0.3, -0.25) is 0 Å². The minimum Gasteiger partial charge on any atom is -0.485 e. The molecule has 0 saturated heterocycles. The fourth-order valence-electron chi connectivity index (χ4n) is 2.40. The Labute approximate surface area is 106 Å². The zero-order chi connectivity index (χ0) is 12.5. The fourth-order valence-corrected chi connectivity index (χ4v) is 2.40. The van der Waals surface area contributed by atoms with Gasteiger partial charge in [0.2, 0.25) is 0 Å². The van der Waals surface area contributed by atoms with Crippen molar-refractivity contribution in [3.63, 3.8) is 0 Å². The number of hydrogen-bond acceptors (Lipinski definition) is 3. The van der Waals surface area contributed by atoms with Crippen molar-refractivity contribution in [1.29, 1.82) is 0 Å². The van der Waals surface area contributed by atoms with Gasteiger partial charge in [0.1, 0.15) is 11.9 Å². The number of anilines is 2. The average molecular weight is 240 g/mol. The summed E-state index contributed by atoms with van der Waals surface area (Å²) in [5.74, 6) is 0.933. The minimum atomic E-state index is 0.0876. The van der Waals surface area contributed by atoms with Crippen molar-refractivity contribution in [3.05, 3.63) is 53.6 Å². The van der Waals surface area contributed by atoms with E-state index >= 15 is 0 Å². The van der Waals surface area contributed by atoms with E-state index in [4.69, 9.17) is 16.2 Å². The number of benzene rings is 2. The number of ether oxygens (including phenoxy) is 1.